The SMILES string of the molecule is Cc1ccc(-n2nnnc2SCCCn2c(=O)[nH]c3ccccc32)cc1C. The lowest BCUT2D eigenvalue weighted by Crippen LogP contribution is -2.17. The van der Waals surface area contributed by atoms with Gasteiger partial charge in [-0.15, -0.1) is 5.10 Å². The molecule has 27 heavy (non-hydrogen) atoms. The van der Waals surface area contributed by atoms with Gasteiger partial charge in [0.05, 0.1) is 16.7 Å². The molecule has 0 aliphatic rings. The summed E-state index contributed by atoms with van der Waals surface area (Å²) in [7, 11) is 0. The first-order valence-electron chi connectivity index (χ1n) is 8.80. The fraction of sp³-hybridized carbons (Fsp3) is 0.263. The van der Waals surface area contributed by atoms with Gasteiger partial charge < -0.3 is 4.98 Å². The molecule has 0 unspecified atom stereocenters. The Hall–Kier alpha value is -2.87. The highest BCUT2D eigenvalue weighted by Gasteiger charge is 2.10. The van der Waals surface area contributed by atoms with Crippen LogP contribution in [0.5, 0.6) is 0 Å². The van der Waals surface area contributed by atoms with Crippen molar-refractivity contribution >= 4 is 22.8 Å². The van der Waals surface area contributed by atoms with Crippen LogP contribution in [-0.2, 0) is 6.54 Å². The number of nitrogens with zero attached hydrogens (tertiary/aromatic N) is 5. The van der Waals surface area contributed by atoms with Crippen molar-refractivity contribution in [1.82, 2.24) is 29.8 Å². The van der Waals surface area contributed by atoms with E-state index in [0.717, 1.165) is 34.1 Å². The Bertz CT molecular complexity index is 1140. The van der Waals surface area contributed by atoms with Gasteiger partial charge in [-0.05, 0) is 66.1 Å². The molecule has 0 saturated heterocycles. The molecule has 2 aromatic carbocycles. The van der Waals surface area contributed by atoms with Crippen molar-refractivity contribution < 1.29 is 0 Å². The second kappa shape index (κ2) is 7.40. The summed E-state index contributed by atoms with van der Waals surface area (Å²) in [5, 5.41) is 12.8. The van der Waals surface area contributed by atoms with Gasteiger partial charge in [0, 0.05) is 12.3 Å². The Balaban J connectivity index is 1.43. The number of fused-ring (bicyclic) bond motifs is 1. The van der Waals surface area contributed by atoms with Crippen LogP contribution in [0.3, 0.4) is 0 Å². The number of tetrazole rings is 1. The van der Waals surface area contributed by atoms with Crippen LogP contribution in [0.1, 0.15) is 17.5 Å². The number of H-pyrrole nitrogens is 1. The topological polar surface area (TPSA) is 81.4 Å². The van der Waals surface area contributed by atoms with Crippen molar-refractivity contribution in [2.24, 2.45) is 0 Å². The summed E-state index contributed by atoms with van der Waals surface area (Å²) in [4.78, 5) is 15.0. The molecule has 0 saturated carbocycles. The van der Waals surface area contributed by atoms with Crippen LogP contribution < -0.4 is 5.69 Å². The van der Waals surface area contributed by atoms with Gasteiger partial charge in [-0.1, -0.05) is 30.0 Å². The molecule has 8 heteroatoms. The number of aromatic amines is 1. The Morgan fingerprint density at radius 3 is 2.81 bits per heavy atom. The molecule has 1 N–H and O–H groups in total. The van der Waals surface area contributed by atoms with Gasteiger partial charge in [-0.25, -0.2) is 4.79 Å². The van der Waals surface area contributed by atoms with E-state index in [1.54, 1.807) is 21.0 Å². The molecule has 0 radical (unpaired) electrons. The molecular formula is C19H20N6OS. The van der Waals surface area contributed by atoms with E-state index in [2.05, 4.69) is 46.5 Å². The average Bonchev–Trinajstić information content (AvgIpc) is 3.25. The molecular weight excluding hydrogens is 360 g/mol. The lowest BCUT2D eigenvalue weighted by atomic mass is 10.1. The quantitative estimate of drug-likeness (QED) is 0.411. The molecule has 4 aromatic rings. The zero-order valence-electron chi connectivity index (χ0n) is 15.2. The predicted molar refractivity (Wildman–Crippen MR) is 107 cm³/mol. The molecule has 0 atom stereocenters. The minimum atomic E-state index is -0.0684. The number of thioether (sulfide) groups is 1. The number of rotatable bonds is 6. The smallest absolute Gasteiger partial charge is 0.306 e. The van der Waals surface area contributed by atoms with E-state index in [9.17, 15) is 4.79 Å². The molecule has 138 valence electrons. The van der Waals surface area contributed by atoms with Crippen molar-refractivity contribution in [2.45, 2.75) is 32.0 Å². The first kappa shape index (κ1) is 17.5. The number of para-hydroxylation sites is 2. The molecule has 0 bridgehead atoms. The highest BCUT2D eigenvalue weighted by molar-refractivity contribution is 7.99. The van der Waals surface area contributed by atoms with E-state index in [1.165, 1.54) is 11.1 Å². The molecule has 7 nitrogen and oxygen atoms in total. The highest BCUT2D eigenvalue weighted by atomic mass is 32.2. The van der Waals surface area contributed by atoms with Crippen molar-refractivity contribution in [3.63, 3.8) is 0 Å². The second-order valence-corrected chi connectivity index (χ2v) is 7.50. The summed E-state index contributed by atoms with van der Waals surface area (Å²) < 4.78 is 3.54. The third kappa shape index (κ3) is 3.52. The molecule has 4 rings (SSSR count). The van der Waals surface area contributed by atoms with Crippen molar-refractivity contribution in [3.8, 4) is 5.69 Å². The summed E-state index contributed by atoms with van der Waals surface area (Å²) in [6.45, 7) is 4.82. The fourth-order valence-corrected chi connectivity index (χ4v) is 3.82. The minimum absolute atomic E-state index is 0.0684. The maximum Gasteiger partial charge on any atom is 0.326 e. The number of aromatic nitrogens is 6. The van der Waals surface area contributed by atoms with Crippen LogP contribution in [0.2, 0.25) is 0 Å². The van der Waals surface area contributed by atoms with E-state index in [4.69, 9.17) is 0 Å². The maximum absolute atomic E-state index is 12.1. The number of hydrogen-bond donors (Lipinski definition) is 1. The first-order valence-corrected chi connectivity index (χ1v) is 9.78. The lowest BCUT2D eigenvalue weighted by molar-refractivity contribution is 0.678. The van der Waals surface area contributed by atoms with Crippen molar-refractivity contribution in [2.75, 3.05) is 5.75 Å². The third-order valence-electron chi connectivity index (χ3n) is 4.61. The monoisotopic (exact) mass is 380 g/mol. The largest absolute Gasteiger partial charge is 0.326 e. The van der Waals surface area contributed by atoms with Gasteiger partial charge in [0.2, 0.25) is 5.16 Å². The van der Waals surface area contributed by atoms with Crippen LogP contribution in [0, 0.1) is 13.8 Å². The molecule has 0 aliphatic heterocycles. The summed E-state index contributed by atoms with van der Waals surface area (Å²) >= 11 is 1.59. The van der Waals surface area contributed by atoms with E-state index >= 15 is 0 Å². The number of hydrogen-bond acceptors (Lipinski definition) is 5. The van der Waals surface area contributed by atoms with Gasteiger partial charge >= 0.3 is 5.69 Å². The molecule has 2 heterocycles. The summed E-state index contributed by atoms with van der Waals surface area (Å²) in [5.74, 6) is 0.817. The standard InChI is InChI=1S/C19H20N6OS/c1-13-8-9-15(12-14(13)2)25-19(21-22-23-25)27-11-5-10-24-17-7-4-3-6-16(17)20-18(24)26/h3-4,6-9,12H,5,10-11H2,1-2H3,(H,20,26). The van der Waals surface area contributed by atoms with Gasteiger partial charge in [-0.3, -0.25) is 4.57 Å². The van der Waals surface area contributed by atoms with Gasteiger partial charge in [0.1, 0.15) is 0 Å². The first-order chi connectivity index (χ1) is 13.1. The summed E-state index contributed by atoms with van der Waals surface area (Å²) in [6, 6.07) is 13.9. The molecule has 0 fully saturated rings. The average molecular weight is 380 g/mol. The number of imidazole rings is 1. The van der Waals surface area contributed by atoms with Crippen LogP contribution in [-0.4, -0.2) is 35.5 Å². The van der Waals surface area contributed by atoms with E-state index in [0.29, 0.717) is 6.54 Å². The van der Waals surface area contributed by atoms with Crippen LogP contribution >= 0.6 is 11.8 Å². The van der Waals surface area contributed by atoms with Crippen molar-refractivity contribution in [3.05, 3.63) is 64.1 Å². The highest BCUT2D eigenvalue weighted by Crippen LogP contribution is 2.21. The number of nitrogens with one attached hydrogen (secondary N) is 1. The predicted octanol–water partition coefficient (Wildman–Crippen LogP) is 3.10. The summed E-state index contributed by atoms with van der Waals surface area (Å²) in [5.41, 5.74) is 5.14. The van der Waals surface area contributed by atoms with Crippen LogP contribution in [0.25, 0.3) is 16.7 Å². The molecule has 0 amide bonds. The van der Waals surface area contributed by atoms with Gasteiger partial charge in [0.25, 0.3) is 0 Å². The fourth-order valence-electron chi connectivity index (χ4n) is 3.00. The zero-order chi connectivity index (χ0) is 18.8. The lowest BCUT2D eigenvalue weighted by Gasteiger charge is -2.07. The van der Waals surface area contributed by atoms with E-state index in [1.807, 2.05) is 30.3 Å². The Labute approximate surface area is 160 Å². The molecule has 0 aliphatic carbocycles. The Morgan fingerprint density at radius 2 is 1.96 bits per heavy atom. The maximum atomic E-state index is 12.1. The normalized spacial score (nSPS) is 11.3. The molecule has 2 aromatic heterocycles. The van der Waals surface area contributed by atoms with Gasteiger partial charge in [-0.2, -0.15) is 4.68 Å². The zero-order valence-corrected chi connectivity index (χ0v) is 16.0. The minimum Gasteiger partial charge on any atom is -0.306 e. The van der Waals surface area contributed by atoms with Crippen LogP contribution in [0.15, 0.2) is 52.4 Å². The summed E-state index contributed by atoms with van der Waals surface area (Å²) in [6.07, 6.45) is 0.839. The third-order valence-corrected chi connectivity index (χ3v) is 5.62. The second-order valence-electron chi connectivity index (χ2n) is 6.44. The Morgan fingerprint density at radius 1 is 1.11 bits per heavy atom. The van der Waals surface area contributed by atoms with E-state index in [-0.39, 0.29) is 5.69 Å². The Kier molecular flexibility index (Phi) is 4.81. The van der Waals surface area contributed by atoms with E-state index < -0.39 is 0 Å². The molecule has 0 spiro atoms. The van der Waals surface area contributed by atoms with Gasteiger partial charge in [0.15, 0.2) is 0 Å². The van der Waals surface area contributed by atoms with Crippen molar-refractivity contribution in [1.29, 1.82) is 0 Å². The number of benzene rings is 2. The van der Waals surface area contributed by atoms with Crippen LogP contribution in [0.4, 0.5) is 0 Å². The number of aryl methyl sites for hydroxylation is 3.